The van der Waals surface area contributed by atoms with Crippen LogP contribution in [0.3, 0.4) is 0 Å². The molecule has 0 bridgehead atoms. The molecule has 21 heavy (non-hydrogen) atoms. The third kappa shape index (κ3) is 3.15. The first-order chi connectivity index (χ1) is 10.2. The van der Waals surface area contributed by atoms with Crippen molar-refractivity contribution in [2.45, 2.75) is 40.0 Å². The summed E-state index contributed by atoms with van der Waals surface area (Å²) in [5.41, 5.74) is 2.35. The minimum absolute atomic E-state index is 0.306. The van der Waals surface area contributed by atoms with Crippen molar-refractivity contribution in [2.24, 2.45) is 0 Å². The molecule has 0 radical (unpaired) electrons. The van der Waals surface area contributed by atoms with E-state index in [1.165, 1.54) is 6.33 Å². The summed E-state index contributed by atoms with van der Waals surface area (Å²) in [4.78, 5) is 16.4. The summed E-state index contributed by atoms with van der Waals surface area (Å²) in [5, 5.41) is 7.52. The van der Waals surface area contributed by atoms with E-state index >= 15 is 0 Å². The van der Waals surface area contributed by atoms with Crippen LogP contribution >= 0.6 is 0 Å². The normalized spacial score (nSPS) is 10.8. The van der Waals surface area contributed by atoms with Crippen LogP contribution in [0.15, 0.2) is 12.5 Å². The van der Waals surface area contributed by atoms with Crippen molar-refractivity contribution in [3.05, 3.63) is 23.7 Å². The number of ether oxygens (including phenoxy) is 1. The Kier molecular flexibility index (Phi) is 5.14. The van der Waals surface area contributed by atoms with Gasteiger partial charge in [0.2, 0.25) is 0 Å². The fraction of sp³-hybridized carbons (Fsp3) is 0.533. The van der Waals surface area contributed by atoms with Gasteiger partial charge in [-0.3, -0.25) is 0 Å². The molecular formula is C15H22N4O2. The van der Waals surface area contributed by atoms with E-state index in [9.17, 15) is 4.79 Å². The van der Waals surface area contributed by atoms with Crippen LogP contribution < -0.4 is 5.32 Å². The first-order valence-electron chi connectivity index (χ1n) is 7.49. The zero-order chi connectivity index (χ0) is 15.2. The van der Waals surface area contributed by atoms with Crippen molar-refractivity contribution in [1.29, 1.82) is 0 Å². The van der Waals surface area contributed by atoms with Crippen LogP contribution in [0.25, 0.3) is 5.52 Å². The second-order valence-corrected chi connectivity index (χ2v) is 4.78. The monoisotopic (exact) mass is 290 g/mol. The highest BCUT2D eigenvalue weighted by molar-refractivity contribution is 5.95. The van der Waals surface area contributed by atoms with Crippen LogP contribution in [-0.2, 0) is 11.2 Å². The molecule has 114 valence electrons. The smallest absolute Gasteiger partial charge is 0.340 e. The summed E-state index contributed by atoms with van der Waals surface area (Å²) in [6.07, 6.45) is 6.13. The summed E-state index contributed by atoms with van der Waals surface area (Å²) in [7, 11) is 0. The van der Waals surface area contributed by atoms with E-state index in [-0.39, 0.29) is 5.97 Å². The van der Waals surface area contributed by atoms with Crippen LogP contribution in [0.4, 0.5) is 5.82 Å². The lowest BCUT2D eigenvalue weighted by molar-refractivity contribution is 0.0525. The molecular weight excluding hydrogens is 268 g/mol. The van der Waals surface area contributed by atoms with Gasteiger partial charge in [0.25, 0.3) is 0 Å². The molecule has 0 saturated carbocycles. The van der Waals surface area contributed by atoms with Crippen LogP contribution in [0.5, 0.6) is 0 Å². The molecule has 6 heteroatoms. The number of fused-ring (bicyclic) bond motifs is 1. The highest BCUT2D eigenvalue weighted by atomic mass is 16.5. The second kappa shape index (κ2) is 7.06. The third-order valence-electron chi connectivity index (χ3n) is 3.35. The number of hydrogen-bond donors (Lipinski definition) is 1. The zero-order valence-electron chi connectivity index (χ0n) is 12.8. The van der Waals surface area contributed by atoms with E-state index in [0.29, 0.717) is 12.2 Å². The number of carbonyl (C=O) groups excluding carboxylic acids is 1. The Morgan fingerprint density at radius 2 is 2.19 bits per heavy atom. The minimum Gasteiger partial charge on any atom is -0.462 e. The maximum Gasteiger partial charge on any atom is 0.340 e. The van der Waals surface area contributed by atoms with Crippen molar-refractivity contribution in [1.82, 2.24) is 14.6 Å². The molecule has 2 aromatic rings. The molecule has 0 aromatic carbocycles. The molecule has 0 aliphatic rings. The largest absolute Gasteiger partial charge is 0.462 e. The highest BCUT2D eigenvalue weighted by Crippen LogP contribution is 2.24. The number of anilines is 1. The molecule has 6 nitrogen and oxygen atoms in total. The molecule has 0 fully saturated rings. The molecule has 1 N–H and O–H groups in total. The van der Waals surface area contributed by atoms with Gasteiger partial charge in [-0.05, 0) is 25.3 Å². The van der Waals surface area contributed by atoms with Gasteiger partial charge >= 0.3 is 5.97 Å². The first-order valence-corrected chi connectivity index (χ1v) is 7.49. The Hall–Kier alpha value is -2.11. The molecule has 2 heterocycles. The van der Waals surface area contributed by atoms with Crippen LogP contribution in [0.1, 0.15) is 49.5 Å². The quantitative estimate of drug-likeness (QED) is 0.627. The Morgan fingerprint density at radius 1 is 1.38 bits per heavy atom. The lowest BCUT2D eigenvalue weighted by Crippen LogP contribution is -2.07. The van der Waals surface area contributed by atoms with Gasteiger partial charge < -0.3 is 10.1 Å². The van der Waals surface area contributed by atoms with E-state index < -0.39 is 0 Å². The molecule has 0 saturated heterocycles. The van der Waals surface area contributed by atoms with Gasteiger partial charge in [-0.1, -0.05) is 20.3 Å². The number of rotatable bonds is 7. The molecule has 0 unspecified atom stereocenters. The van der Waals surface area contributed by atoms with Crippen molar-refractivity contribution in [3.63, 3.8) is 0 Å². The summed E-state index contributed by atoms with van der Waals surface area (Å²) < 4.78 is 6.82. The number of nitrogens with zero attached hydrogens (tertiary/aromatic N) is 3. The fourth-order valence-electron chi connectivity index (χ4n) is 2.33. The Balaban J connectivity index is 2.45. The topological polar surface area (TPSA) is 68.5 Å². The number of carbonyl (C=O) groups is 1. The molecule has 0 aliphatic carbocycles. The second-order valence-electron chi connectivity index (χ2n) is 4.78. The Labute approximate surface area is 124 Å². The molecule has 2 rings (SSSR count). The number of esters is 1. The van der Waals surface area contributed by atoms with Crippen molar-refractivity contribution in [3.8, 4) is 0 Å². The molecule has 0 atom stereocenters. The van der Waals surface area contributed by atoms with Crippen molar-refractivity contribution < 1.29 is 9.53 Å². The van der Waals surface area contributed by atoms with E-state index in [2.05, 4.69) is 22.3 Å². The van der Waals surface area contributed by atoms with E-state index in [4.69, 9.17) is 4.74 Å². The van der Waals surface area contributed by atoms with E-state index in [0.717, 1.165) is 42.7 Å². The Morgan fingerprint density at radius 3 is 2.86 bits per heavy atom. The van der Waals surface area contributed by atoms with Crippen molar-refractivity contribution in [2.75, 3.05) is 18.5 Å². The number of nitrogens with one attached hydrogen (secondary N) is 1. The third-order valence-corrected chi connectivity index (χ3v) is 3.35. The number of aryl methyl sites for hydroxylation is 1. The summed E-state index contributed by atoms with van der Waals surface area (Å²) >= 11 is 0. The van der Waals surface area contributed by atoms with Gasteiger partial charge in [-0.25, -0.2) is 14.3 Å². The minimum atomic E-state index is -0.306. The number of unbranched alkanes of at least 4 members (excludes halogenated alkanes) is 1. The van der Waals surface area contributed by atoms with Gasteiger partial charge in [0.15, 0.2) is 5.82 Å². The summed E-state index contributed by atoms with van der Waals surface area (Å²) in [6, 6.07) is 0. The van der Waals surface area contributed by atoms with Gasteiger partial charge in [-0.2, -0.15) is 5.10 Å². The first kappa shape index (κ1) is 15.3. The molecule has 0 aliphatic heterocycles. The molecule has 2 aromatic heterocycles. The lowest BCUT2D eigenvalue weighted by Gasteiger charge is -2.08. The van der Waals surface area contributed by atoms with Gasteiger partial charge in [0.1, 0.15) is 11.8 Å². The zero-order valence-corrected chi connectivity index (χ0v) is 12.8. The predicted octanol–water partition coefficient (Wildman–Crippen LogP) is 2.68. The molecule has 0 amide bonds. The van der Waals surface area contributed by atoms with E-state index in [1.54, 1.807) is 17.6 Å². The van der Waals surface area contributed by atoms with Crippen LogP contribution in [0, 0.1) is 0 Å². The maximum absolute atomic E-state index is 12.1. The predicted molar refractivity (Wildman–Crippen MR) is 81.7 cm³/mol. The standard InChI is InChI=1S/C15H22N4O2/c1-4-7-8-16-14-13-11(5-2)12(15(20)21-6-3)9-19(13)18-10-17-14/h9-10H,4-8H2,1-3H3,(H,16,17,18). The number of hydrogen-bond acceptors (Lipinski definition) is 5. The van der Waals surface area contributed by atoms with Gasteiger partial charge in [0.05, 0.1) is 12.2 Å². The fourth-order valence-corrected chi connectivity index (χ4v) is 2.33. The average molecular weight is 290 g/mol. The van der Waals surface area contributed by atoms with E-state index in [1.807, 2.05) is 6.92 Å². The lowest BCUT2D eigenvalue weighted by atomic mass is 10.1. The highest BCUT2D eigenvalue weighted by Gasteiger charge is 2.20. The summed E-state index contributed by atoms with van der Waals surface area (Å²) in [6.45, 7) is 7.18. The molecule has 0 spiro atoms. The summed E-state index contributed by atoms with van der Waals surface area (Å²) in [5.74, 6) is 0.463. The van der Waals surface area contributed by atoms with Crippen LogP contribution in [0.2, 0.25) is 0 Å². The SMILES string of the molecule is CCCCNc1ncnn2cc(C(=O)OCC)c(CC)c12. The van der Waals surface area contributed by atoms with Crippen LogP contribution in [-0.4, -0.2) is 33.7 Å². The van der Waals surface area contributed by atoms with Crippen molar-refractivity contribution >= 4 is 17.3 Å². The number of aromatic nitrogens is 3. The van der Waals surface area contributed by atoms with Gasteiger partial charge in [0, 0.05) is 12.7 Å². The van der Waals surface area contributed by atoms with Gasteiger partial charge in [-0.15, -0.1) is 0 Å². The Bertz CT molecular complexity index is 621. The maximum atomic E-state index is 12.1. The average Bonchev–Trinajstić information content (AvgIpc) is 2.87.